The normalized spacial score (nSPS) is 33.6. The second kappa shape index (κ2) is 6.87. The van der Waals surface area contributed by atoms with Gasteiger partial charge in [-0.3, -0.25) is 4.90 Å². The van der Waals surface area contributed by atoms with Crippen LogP contribution in [0.25, 0.3) is 0 Å². The molecule has 2 aliphatic rings. The third kappa shape index (κ3) is 3.64. The molecule has 2 fully saturated rings. The Kier molecular flexibility index (Phi) is 5.46. The maximum atomic E-state index is 3.67. The summed E-state index contributed by atoms with van der Waals surface area (Å²) in [6, 6.07) is 1.60. The molecule has 2 heterocycles. The van der Waals surface area contributed by atoms with Crippen molar-refractivity contribution in [3.63, 3.8) is 0 Å². The zero-order valence-corrected chi connectivity index (χ0v) is 11.4. The predicted molar refractivity (Wildman–Crippen MR) is 73.2 cm³/mol. The van der Waals surface area contributed by atoms with Gasteiger partial charge in [-0.1, -0.05) is 19.8 Å². The van der Waals surface area contributed by atoms with Crippen LogP contribution in [0.3, 0.4) is 0 Å². The molecule has 16 heavy (non-hydrogen) atoms. The van der Waals surface area contributed by atoms with Crippen LogP contribution in [0.2, 0.25) is 0 Å². The van der Waals surface area contributed by atoms with E-state index in [1.807, 2.05) is 0 Å². The fourth-order valence-corrected chi connectivity index (χ4v) is 3.90. The second-order valence-corrected chi connectivity index (χ2v) is 6.28. The highest BCUT2D eigenvalue weighted by Crippen LogP contribution is 2.20. The summed E-state index contributed by atoms with van der Waals surface area (Å²) in [5, 5.41) is 3.67. The number of rotatable bonds is 3. The molecule has 0 aromatic heterocycles. The van der Waals surface area contributed by atoms with Crippen molar-refractivity contribution < 1.29 is 0 Å². The lowest BCUT2D eigenvalue weighted by atomic mass is 10.1. The maximum absolute atomic E-state index is 3.67. The molecule has 2 unspecified atom stereocenters. The number of thioether (sulfide) groups is 1. The summed E-state index contributed by atoms with van der Waals surface area (Å²) in [5.74, 6) is 2.61. The van der Waals surface area contributed by atoms with Crippen molar-refractivity contribution in [3.05, 3.63) is 0 Å². The van der Waals surface area contributed by atoms with Crippen molar-refractivity contribution in [2.75, 3.05) is 31.1 Å². The van der Waals surface area contributed by atoms with E-state index >= 15 is 0 Å². The molecule has 1 N–H and O–H groups in total. The van der Waals surface area contributed by atoms with Crippen molar-refractivity contribution >= 4 is 11.8 Å². The van der Waals surface area contributed by atoms with Crippen LogP contribution in [0.1, 0.15) is 39.0 Å². The molecule has 2 aliphatic heterocycles. The zero-order valence-electron chi connectivity index (χ0n) is 10.6. The number of hydrogen-bond donors (Lipinski definition) is 1. The van der Waals surface area contributed by atoms with E-state index in [0.29, 0.717) is 0 Å². The van der Waals surface area contributed by atoms with Crippen LogP contribution in [0, 0.1) is 0 Å². The van der Waals surface area contributed by atoms with Gasteiger partial charge in [0.1, 0.15) is 0 Å². The van der Waals surface area contributed by atoms with E-state index in [9.17, 15) is 0 Å². The summed E-state index contributed by atoms with van der Waals surface area (Å²) in [7, 11) is 0. The van der Waals surface area contributed by atoms with E-state index in [-0.39, 0.29) is 0 Å². The fourth-order valence-electron chi connectivity index (χ4n) is 2.96. The number of hydrogen-bond acceptors (Lipinski definition) is 3. The molecule has 94 valence electrons. The van der Waals surface area contributed by atoms with Crippen molar-refractivity contribution in [3.8, 4) is 0 Å². The van der Waals surface area contributed by atoms with E-state index in [2.05, 4.69) is 28.9 Å². The molecular weight excluding hydrogens is 216 g/mol. The molecule has 2 rings (SSSR count). The lowest BCUT2D eigenvalue weighted by molar-refractivity contribution is 0.178. The molecular formula is C13H26N2S. The van der Waals surface area contributed by atoms with Gasteiger partial charge < -0.3 is 5.32 Å². The molecule has 2 saturated heterocycles. The topological polar surface area (TPSA) is 15.3 Å². The average molecular weight is 242 g/mol. The Bertz CT molecular complexity index is 192. The Hall–Kier alpha value is 0.270. The molecule has 0 bridgehead atoms. The van der Waals surface area contributed by atoms with Crippen molar-refractivity contribution in [1.82, 2.24) is 10.2 Å². The summed E-state index contributed by atoms with van der Waals surface area (Å²) in [6.07, 6.45) is 7.06. The summed E-state index contributed by atoms with van der Waals surface area (Å²) in [5.41, 5.74) is 0. The molecule has 0 aliphatic carbocycles. The molecule has 0 aromatic rings. The average Bonchev–Trinajstić information content (AvgIpc) is 2.55. The summed E-state index contributed by atoms with van der Waals surface area (Å²) < 4.78 is 0. The Morgan fingerprint density at radius 1 is 1.31 bits per heavy atom. The van der Waals surface area contributed by atoms with Crippen LogP contribution < -0.4 is 5.32 Å². The van der Waals surface area contributed by atoms with Gasteiger partial charge >= 0.3 is 0 Å². The van der Waals surface area contributed by atoms with Crippen LogP contribution in [0.5, 0.6) is 0 Å². The van der Waals surface area contributed by atoms with E-state index in [4.69, 9.17) is 0 Å². The van der Waals surface area contributed by atoms with Crippen LogP contribution in [-0.4, -0.2) is 48.1 Å². The zero-order chi connectivity index (χ0) is 11.2. The van der Waals surface area contributed by atoms with Crippen molar-refractivity contribution in [2.45, 2.75) is 51.1 Å². The highest BCUT2D eigenvalue weighted by atomic mass is 32.2. The van der Waals surface area contributed by atoms with Gasteiger partial charge in [-0.15, -0.1) is 0 Å². The number of nitrogens with zero attached hydrogens (tertiary/aromatic N) is 1. The van der Waals surface area contributed by atoms with Crippen molar-refractivity contribution in [1.29, 1.82) is 0 Å². The second-order valence-electron chi connectivity index (χ2n) is 5.13. The molecule has 0 aromatic carbocycles. The van der Waals surface area contributed by atoms with Gasteiger partial charge in [0.15, 0.2) is 0 Å². The largest absolute Gasteiger partial charge is 0.311 e. The number of likely N-dealkylation sites (tertiary alicyclic amines) is 1. The van der Waals surface area contributed by atoms with Gasteiger partial charge in [0.25, 0.3) is 0 Å². The van der Waals surface area contributed by atoms with Gasteiger partial charge in [0, 0.05) is 36.7 Å². The van der Waals surface area contributed by atoms with Gasteiger partial charge in [-0.25, -0.2) is 0 Å². The van der Waals surface area contributed by atoms with E-state index in [0.717, 1.165) is 12.1 Å². The number of nitrogens with one attached hydrogen (secondary N) is 1. The van der Waals surface area contributed by atoms with E-state index < -0.39 is 0 Å². The molecule has 3 heteroatoms. The summed E-state index contributed by atoms with van der Waals surface area (Å²) in [4.78, 5) is 2.76. The molecule has 0 saturated carbocycles. The fraction of sp³-hybridized carbons (Fsp3) is 1.00. The first-order valence-electron chi connectivity index (χ1n) is 6.95. The Morgan fingerprint density at radius 3 is 3.00 bits per heavy atom. The van der Waals surface area contributed by atoms with Crippen LogP contribution in [-0.2, 0) is 0 Å². The molecule has 0 spiro atoms. The third-order valence-electron chi connectivity index (χ3n) is 3.92. The van der Waals surface area contributed by atoms with Gasteiger partial charge in [-0.05, 0) is 25.8 Å². The standard InChI is InChI=1S/C13H26N2S/c1-2-13-6-4-3-5-8-15(13)10-12-11-16-9-7-14-12/h12-14H,2-11H2,1H3. The highest BCUT2D eigenvalue weighted by Gasteiger charge is 2.23. The molecule has 2 atom stereocenters. The first-order valence-corrected chi connectivity index (χ1v) is 8.11. The first kappa shape index (κ1) is 12.7. The molecule has 0 radical (unpaired) electrons. The summed E-state index contributed by atoms with van der Waals surface area (Å²) in [6.45, 7) is 6.18. The maximum Gasteiger partial charge on any atom is 0.0286 e. The Labute approximate surface area is 105 Å². The monoisotopic (exact) mass is 242 g/mol. The SMILES string of the molecule is CCC1CCCCCN1CC1CSCCN1. The van der Waals surface area contributed by atoms with Gasteiger partial charge in [0.05, 0.1) is 0 Å². The van der Waals surface area contributed by atoms with Crippen molar-refractivity contribution in [2.24, 2.45) is 0 Å². The molecule has 0 amide bonds. The quantitative estimate of drug-likeness (QED) is 0.818. The van der Waals surface area contributed by atoms with Crippen LogP contribution >= 0.6 is 11.8 Å². The predicted octanol–water partition coefficient (Wildman–Crippen LogP) is 2.35. The minimum atomic E-state index is 0.742. The minimum Gasteiger partial charge on any atom is -0.311 e. The lowest BCUT2D eigenvalue weighted by Crippen LogP contribution is -2.48. The van der Waals surface area contributed by atoms with Gasteiger partial charge in [0.2, 0.25) is 0 Å². The Balaban J connectivity index is 1.83. The van der Waals surface area contributed by atoms with E-state index in [1.54, 1.807) is 0 Å². The third-order valence-corrected chi connectivity index (χ3v) is 5.05. The molecule has 2 nitrogen and oxygen atoms in total. The van der Waals surface area contributed by atoms with Crippen LogP contribution in [0.15, 0.2) is 0 Å². The first-order chi connectivity index (χ1) is 7.90. The van der Waals surface area contributed by atoms with Crippen LogP contribution in [0.4, 0.5) is 0 Å². The smallest absolute Gasteiger partial charge is 0.0286 e. The minimum absolute atomic E-state index is 0.742. The van der Waals surface area contributed by atoms with Gasteiger partial charge in [-0.2, -0.15) is 11.8 Å². The highest BCUT2D eigenvalue weighted by molar-refractivity contribution is 7.99. The lowest BCUT2D eigenvalue weighted by Gasteiger charge is -2.34. The Morgan fingerprint density at radius 2 is 2.25 bits per heavy atom. The summed E-state index contributed by atoms with van der Waals surface area (Å²) >= 11 is 2.12. The van der Waals surface area contributed by atoms with E-state index in [1.165, 1.54) is 63.2 Å².